The molecule has 2 aromatic carbocycles. The van der Waals surface area contributed by atoms with Crippen LogP contribution in [0.1, 0.15) is 21.7 Å². The van der Waals surface area contributed by atoms with Gasteiger partial charge in [-0.1, -0.05) is 12.1 Å². The van der Waals surface area contributed by atoms with Crippen LogP contribution in [0.2, 0.25) is 0 Å². The molecule has 0 fully saturated rings. The van der Waals surface area contributed by atoms with Crippen molar-refractivity contribution >= 4 is 28.0 Å². The molecule has 28 heavy (non-hydrogen) atoms. The summed E-state index contributed by atoms with van der Waals surface area (Å²) < 4.78 is 38.4. The van der Waals surface area contributed by atoms with E-state index in [-0.39, 0.29) is 16.6 Å². The molecule has 0 spiro atoms. The standard InChI is InChI=1S/C19H13N3O5S/c23-18(16-5-3-11-26-16)21-20-12-13-7-9-14(10-8-13)27-19-15-4-1-2-6-17(15)28(24,25)22-19/h1-12H,(H,21,23)/b20-12+. The monoisotopic (exact) mass is 395 g/mol. The Hall–Kier alpha value is -3.72. The van der Waals surface area contributed by atoms with Gasteiger partial charge in [0.05, 0.1) is 18.0 Å². The van der Waals surface area contributed by atoms with Crippen molar-refractivity contribution in [3.05, 3.63) is 83.8 Å². The topological polar surface area (TPSA) is 110 Å². The summed E-state index contributed by atoms with van der Waals surface area (Å²) in [6.45, 7) is 0. The molecule has 0 saturated heterocycles. The first-order valence-corrected chi connectivity index (χ1v) is 9.56. The SMILES string of the molecule is O=C(N/N=C/c1ccc(OC2=NS(=O)(=O)c3ccccc32)cc1)c1ccco1. The highest BCUT2D eigenvalue weighted by molar-refractivity contribution is 7.90. The molecule has 2 heterocycles. The molecule has 0 bridgehead atoms. The van der Waals surface area contributed by atoms with Gasteiger partial charge in [-0.05, 0) is 54.1 Å². The lowest BCUT2D eigenvalue weighted by Gasteiger charge is -2.05. The first-order chi connectivity index (χ1) is 13.5. The van der Waals surface area contributed by atoms with Crippen molar-refractivity contribution in [1.82, 2.24) is 5.43 Å². The van der Waals surface area contributed by atoms with Crippen LogP contribution in [0.5, 0.6) is 5.75 Å². The van der Waals surface area contributed by atoms with Crippen molar-refractivity contribution in [2.75, 3.05) is 0 Å². The average molecular weight is 395 g/mol. The molecular formula is C19H13N3O5S. The number of hydrazone groups is 1. The molecule has 9 heteroatoms. The van der Waals surface area contributed by atoms with E-state index in [9.17, 15) is 13.2 Å². The van der Waals surface area contributed by atoms with Crippen LogP contribution in [0.4, 0.5) is 0 Å². The van der Waals surface area contributed by atoms with Gasteiger partial charge < -0.3 is 9.15 Å². The highest BCUT2D eigenvalue weighted by Gasteiger charge is 2.29. The van der Waals surface area contributed by atoms with E-state index in [0.29, 0.717) is 16.9 Å². The number of hydrogen-bond donors (Lipinski definition) is 1. The minimum absolute atomic E-state index is 0.0303. The Morgan fingerprint density at radius 2 is 1.86 bits per heavy atom. The second kappa shape index (κ2) is 7.12. The number of amides is 1. The van der Waals surface area contributed by atoms with Crippen LogP contribution in [0.3, 0.4) is 0 Å². The van der Waals surface area contributed by atoms with E-state index in [1.807, 2.05) is 0 Å². The molecule has 0 atom stereocenters. The summed E-state index contributed by atoms with van der Waals surface area (Å²) in [5, 5.41) is 3.85. The van der Waals surface area contributed by atoms with Gasteiger partial charge in [-0.25, -0.2) is 5.43 Å². The van der Waals surface area contributed by atoms with Crippen molar-refractivity contribution in [3.8, 4) is 5.75 Å². The van der Waals surface area contributed by atoms with E-state index in [0.717, 1.165) is 0 Å². The van der Waals surface area contributed by atoms with Gasteiger partial charge in [0.2, 0.25) is 5.90 Å². The molecule has 3 aromatic rings. The van der Waals surface area contributed by atoms with Crippen LogP contribution in [-0.2, 0) is 10.0 Å². The Balaban J connectivity index is 1.43. The van der Waals surface area contributed by atoms with Gasteiger partial charge in [-0.3, -0.25) is 4.79 Å². The van der Waals surface area contributed by atoms with Crippen LogP contribution in [0.15, 0.2) is 85.7 Å². The minimum Gasteiger partial charge on any atom is -0.459 e. The fourth-order valence-electron chi connectivity index (χ4n) is 2.51. The van der Waals surface area contributed by atoms with Gasteiger partial charge in [-0.2, -0.15) is 13.5 Å². The van der Waals surface area contributed by atoms with E-state index in [1.54, 1.807) is 48.5 Å². The Kier molecular flexibility index (Phi) is 4.50. The van der Waals surface area contributed by atoms with Crippen LogP contribution in [0, 0.1) is 0 Å². The van der Waals surface area contributed by atoms with E-state index in [2.05, 4.69) is 14.9 Å². The average Bonchev–Trinajstić information content (AvgIpc) is 3.31. The Labute approximate surface area is 160 Å². The predicted molar refractivity (Wildman–Crippen MR) is 101 cm³/mol. The summed E-state index contributed by atoms with van der Waals surface area (Å²) in [6.07, 6.45) is 2.85. The number of nitrogens with one attached hydrogen (secondary N) is 1. The molecule has 140 valence electrons. The lowest BCUT2D eigenvalue weighted by Crippen LogP contribution is -2.16. The summed E-state index contributed by atoms with van der Waals surface area (Å²) in [5.74, 6) is 0.152. The second-order valence-electron chi connectivity index (χ2n) is 5.72. The van der Waals surface area contributed by atoms with Crippen LogP contribution in [0.25, 0.3) is 0 Å². The number of rotatable bonds is 4. The quantitative estimate of drug-likeness (QED) is 0.539. The van der Waals surface area contributed by atoms with Gasteiger partial charge >= 0.3 is 5.91 Å². The predicted octanol–water partition coefficient (Wildman–Crippen LogP) is 2.57. The van der Waals surface area contributed by atoms with E-state index in [1.165, 1.54) is 24.6 Å². The van der Waals surface area contributed by atoms with Crippen LogP contribution >= 0.6 is 0 Å². The third-order valence-corrected chi connectivity index (χ3v) is 5.14. The van der Waals surface area contributed by atoms with E-state index < -0.39 is 15.9 Å². The van der Waals surface area contributed by atoms with Crippen LogP contribution < -0.4 is 10.2 Å². The lowest BCUT2D eigenvalue weighted by molar-refractivity contribution is 0.0927. The fourth-order valence-corrected chi connectivity index (χ4v) is 3.65. The van der Waals surface area contributed by atoms with E-state index >= 15 is 0 Å². The molecule has 0 aliphatic carbocycles. The molecule has 1 N–H and O–H groups in total. The van der Waals surface area contributed by atoms with Gasteiger partial charge in [0.1, 0.15) is 10.6 Å². The molecule has 0 saturated carbocycles. The van der Waals surface area contributed by atoms with Crippen LogP contribution in [-0.4, -0.2) is 26.4 Å². The molecule has 4 rings (SSSR count). The maximum atomic E-state index is 12.0. The number of benzene rings is 2. The molecule has 8 nitrogen and oxygen atoms in total. The smallest absolute Gasteiger partial charge is 0.307 e. The number of carbonyl (C=O) groups excluding carboxylic acids is 1. The van der Waals surface area contributed by atoms with Crippen molar-refractivity contribution in [1.29, 1.82) is 0 Å². The number of hydrogen-bond acceptors (Lipinski definition) is 6. The van der Waals surface area contributed by atoms with Crippen molar-refractivity contribution < 1.29 is 22.4 Å². The molecule has 1 aromatic heterocycles. The Morgan fingerprint density at radius 1 is 1.07 bits per heavy atom. The summed E-state index contributed by atoms with van der Waals surface area (Å²) in [4.78, 5) is 11.8. The van der Waals surface area contributed by atoms with Crippen molar-refractivity contribution in [2.45, 2.75) is 4.90 Å². The van der Waals surface area contributed by atoms with Gasteiger partial charge in [-0.15, -0.1) is 4.40 Å². The zero-order valence-corrected chi connectivity index (χ0v) is 15.1. The zero-order valence-electron chi connectivity index (χ0n) is 14.3. The van der Waals surface area contributed by atoms with Gasteiger partial charge in [0.15, 0.2) is 5.76 Å². The molecular weight excluding hydrogens is 382 g/mol. The van der Waals surface area contributed by atoms with Gasteiger partial charge in [0.25, 0.3) is 10.0 Å². The zero-order chi connectivity index (χ0) is 19.6. The minimum atomic E-state index is -3.73. The lowest BCUT2D eigenvalue weighted by atomic mass is 10.2. The second-order valence-corrected chi connectivity index (χ2v) is 7.29. The maximum Gasteiger partial charge on any atom is 0.307 e. The first-order valence-electron chi connectivity index (χ1n) is 8.12. The highest BCUT2D eigenvalue weighted by atomic mass is 32.2. The molecule has 0 unspecified atom stereocenters. The molecule has 0 radical (unpaired) electrons. The molecule has 1 amide bonds. The number of sulfonamides is 1. The highest BCUT2D eigenvalue weighted by Crippen LogP contribution is 2.27. The normalized spacial score (nSPS) is 14.5. The number of nitrogens with zero attached hydrogens (tertiary/aromatic N) is 2. The van der Waals surface area contributed by atoms with Gasteiger partial charge in [0, 0.05) is 0 Å². The van der Waals surface area contributed by atoms with Crippen molar-refractivity contribution in [2.24, 2.45) is 9.50 Å². The first kappa shape index (κ1) is 17.7. The Bertz CT molecular complexity index is 1180. The summed E-state index contributed by atoms with van der Waals surface area (Å²) in [5.41, 5.74) is 3.47. The maximum absolute atomic E-state index is 12.0. The number of fused-ring (bicyclic) bond motifs is 1. The summed E-state index contributed by atoms with van der Waals surface area (Å²) in [6, 6.07) is 16.3. The largest absolute Gasteiger partial charge is 0.459 e. The number of furan rings is 1. The fraction of sp³-hybridized carbons (Fsp3) is 0. The summed E-state index contributed by atoms with van der Waals surface area (Å²) >= 11 is 0. The Morgan fingerprint density at radius 3 is 2.61 bits per heavy atom. The number of carbonyl (C=O) groups is 1. The third kappa shape index (κ3) is 3.55. The molecule has 1 aliphatic rings. The molecule has 1 aliphatic heterocycles. The number of ether oxygens (including phenoxy) is 1. The third-order valence-electron chi connectivity index (χ3n) is 3.82. The van der Waals surface area contributed by atoms with Crippen molar-refractivity contribution in [3.63, 3.8) is 0 Å². The van der Waals surface area contributed by atoms with E-state index in [4.69, 9.17) is 9.15 Å². The summed E-state index contributed by atoms with van der Waals surface area (Å²) in [7, 11) is -3.73.